The Hall–Kier alpha value is -4.12. The number of para-hydroxylation sites is 2. The molecule has 34 heavy (non-hydrogen) atoms. The third-order valence-corrected chi connectivity index (χ3v) is 6.83. The fourth-order valence-corrected chi connectivity index (χ4v) is 4.81. The molecule has 1 aliphatic rings. The van der Waals surface area contributed by atoms with E-state index < -0.39 is 33.5 Å². The minimum Gasteiger partial charge on any atom is -0.486 e. The first-order valence-corrected chi connectivity index (χ1v) is 11.8. The van der Waals surface area contributed by atoms with Gasteiger partial charge in [0.15, 0.2) is 11.5 Å². The maximum atomic E-state index is 13.3. The molecule has 3 aromatic carbocycles. The van der Waals surface area contributed by atoms with E-state index in [9.17, 15) is 23.3 Å². The number of ether oxygens (including phenoxy) is 2. The molecule has 0 saturated carbocycles. The third-order valence-electron chi connectivity index (χ3n) is 5.04. The van der Waals surface area contributed by atoms with Gasteiger partial charge in [0.05, 0.1) is 22.1 Å². The van der Waals surface area contributed by atoms with Crippen LogP contribution in [0.5, 0.6) is 11.5 Å². The van der Waals surface area contributed by atoms with Crippen LogP contribution in [-0.4, -0.2) is 45.0 Å². The van der Waals surface area contributed by atoms with Gasteiger partial charge in [-0.05, 0) is 30.3 Å². The number of rotatable bonds is 8. The summed E-state index contributed by atoms with van der Waals surface area (Å²) in [6.07, 6.45) is -0.462. The summed E-state index contributed by atoms with van der Waals surface area (Å²) in [7, 11) is -4.18. The van der Waals surface area contributed by atoms with Crippen molar-refractivity contribution in [1.29, 1.82) is 0 Å². The Labute approximate surface area is 195 Å². The van der Waals surface area contributed by atoms with E-state index in [1.807, 2.05) is 6.07 Å². The molecule has 1 N–H and O–H groups in total. The van der Waals surface area contributed by atoms with Crippen LogP contribution in [0.15, 0.2) is 83.8 Å². The minimum absolute atomic E-state index is 0.000574. The van der Waals surface area contributed by atoms with Gasteiger partial charge >= 0.3 is 0 Å². The van der Waals surface area contributed by atoms with Crippen LogP contribution >= 0.6 is 0 Å². The van der Waals surface area contributed by atoms with Crippen LogP contribution in [0.3, 0.4) is 0 Å². The molecular weight excluding hydrogens is 462 g/mol. The van der Waals surface area contributed by atoms with Crippen LogP contribution in [0.1, 0.15) is 0 Å². The number of hydrogen-bond donors (Lipinski definition) is 1. The predicted molar refractivity (Wildman–Crippen MR) is 123 cm³/mol. The van der Waals surface area contributed by atoms with Crippen molar-refractivity contribution < 1.29 is 27.6 Å². The number of fused-ring (bicyclic) bond motifs is 1. The number of nitrogens with one attached hydrogen (secondary N) is 1. The van der Waals surface area contributed by atoms with Gasteiger partial charge in [-0.25, -0.2) is 8.42 Å². The molecule has 1 aliphatic heterocycles. The van der Waals surface area contributed by atoms with E-state index in [1.165, 1.54) is 30.3 Å². The number of nitro benzene ring substituents is 1. The van der Waals surface area contributed by atoms with Gasteiger partial charge in [0.1, 0.15) is 19.3 Å². The number of amides is 1. The molecule has 0 spiro atoms. The number of anilines is 1. The second kappa shape index (κ2) is 9.79. The molecule has 1 amide bonds. The summed E-state index contributed by atoms with van der Waals surface area (Å²) in [6.45, 7) is -0.280. The Kier molecular flexibility index (Phi) is 6.64. The molecule has 0 aliphatic carbocycles. The van der Waals surface area contributed by atoms with E-state index in [4.69, 9.17) is 9.47 Å². The van der Waals surface area contributed by atoms with Gasteiger partial charge in [0.2, 0.25) is 5.91 Å². The monoisotopic (exact) mass is 483 g/mol. The normalized spacial score (nSPS) is 14.8. The summed E-state index contributed by atoms with van der Waals surface area (Å²) >= 11 is 0. The maximum absolute atomic E-state index is 13.3. The van der Waals surface area contributed by atoms with Crippen molar-refractivity contribution in [3.05, 3.63) is 89.0 Å². The number of sulfonamides is 1. The van der Waals surface area contributed by atoms with Crippen molar-refractivity contribution in [3.8, 4) is 11.5 Å². The molecule has 0 saturated heterocycles. The third kappa shape index (κ3) is 5.09. The number of carbonyl (C=O) groups excluding carboxylic acids is 1. The first-order chi connectivity index (χ1) is 16.3. The highest BCUT2D eigenvalue weighted by Crippen LogP contribution is 2.31. The zero-order valence-corrected chi connectivity index (χ0v) is 18.7. The predicted octanol–water partition coefficient (Wildman–Crippen LogP) is 2.75. The average Bonchev–Trinajstić information content (AvgIpc) is 2.86. The molecule has 1 heterocycles. The molecule has 3 aromatic rings. The van der Waals surface area contributed by atoms with Gasteiger partial charge in [0.25, 0.3) is 15.7 Å². The van der Waals surface area contributed by atoms with Crippen LogP contribution < -0.4 is 19.1 Å². The standard InChI is InChI=1S/C23H21N3O7S/c27-23(24-14-19-16-32-21-11-4-5-12-22(21)33-19)15-25(17-7-6-8-18(13-17)26(28)29)34(30,31)20-9-2-1-3-10-20/h1-13,19H,14-16H2,(H,24,27)/t19-/m1/s1. The molecule has 0 unspecified atom stereocenters. The summed E-state index contributed by atoms with van der Waals surface area (Å²) in [5, 5.41) is 13.9. The summed E-state index contributed by atoms with van der Waals surface area (Å²) in [5.74, 6) is 0.558. The average molecular weight is 484 g/mol. The first kappa shape index (κ1) is 23.1. The highest BCUT2D eigenvalue weighted by molar-refractivity contribution is 7.92. The largest absolute Gasteiger partial charge is 0.486 e. The van der Waals surface area contributed by atoms with Gasteiger partial charge in [-0.2, -0.15) is 0 Å². The number of nitrogens with zero attached hydrogens (tertiary/aromatic N) is 2. The summed E-state index contributed by atoms with van der Waals surface area (Å²) < 4.78 is 38.9. The fraction of sp³-hybridized carbons (Fsp3) is 0.174. The van der Waals surface area contributed by atoms with E-state index in [0.717, 1.165) is 10.4 Å². The number of carbonyl (C=O) groups is 1. The Morgan fingerprint density at radius 3 is 2.47 bits per heavy atom. The quantitative estimate of drug-likeness (QED) is 0.385. The van der Waals surface area contributed by atoms with Crippen LogP contribution in [0.25, 0.3) is 0 Å². The Morgan fingerprint density at radius 2 is 1.74 bits per heavy atom. The van der Waals surface area contributed by atoms with Crippen LogP contribution in [0, 0.1) is 10.1 Å². The van der Waals surface area contributed by atoms with Crippen molar-refractivity contribution in [2.45, 2.75) is 11.0 Å². The lowest BCUT2D eigenvalue weighted by Gasteiger charge is -2.27. The van der Waals surface area contributed by atoms with E-state index in [0.29, 0.717) is 11.5 Å². The number of hydrogen-bond acceptors (Lipinski definition) is 7. The van der Waals surface area contributed by atoms with E-state index in [1.54, 1.807) is 36.4 Å². The molecule has 176 valence electrons. The fourth-order valence-electron chi connectivity index (χ4n) is 3.37. The molecular formula is C23H21N3O7S. The lowest BCUT2D eigenvalue weighted by Crippen LogP contribution is -2.45. The maximum Gasteiger partial charge on any atom is 0.271 e. The number of nitro groups is 1. The zero-order valence-electron chi connectivity index (χ0n) is 17.9. The van der Waals surface area contributed by atoms with Crippen LogP contribution in [0.2, 0.25) is 0 Å². The molecule has 11 heteroatoms. The highest BCUT2D eigenvalue weighted by atomic mass is 32.2. The van der Waals surface area contributed by atoms with Gasteiger partial charge in [-0.3, -0.25) is 19.2 Å². The lowest BCUT2D eigenvalue weighted by molar-refractivity contribution is -0.384. The van der Waals surface area contributed by atoms with Crippen molar-refractivity contribution in [2.75, 3.05) is 24.0 Å². The van der Waals surface area contributed by atoms with Crippen LogP contribution in [-0.2, 0) is 14.8 Å². The summed E-state index contributed by atoms with van der Waals surface area (Å²) in [4.78, 5) is 23.3. The SMILES string of the molecule is O=C(CN(c1cccc([N+](=O)[O-])c1)S(=O)(=O)c1ccccc1)NC[C@@H]1COc2ccccc2O1. The van der Waals surface area contributed by atoms with Crippen molar-refractivity contribution >= 4 is 27.3 Å². The molecule has 0 fully saturated rings. The molecule has 10 nitrogen and oxygen atoms in total. The van der Waals surface area contributed by atoms with Crippen molar-refractivity contribution in [2.24, 2.45) is 0 Å². The van der Waals surface area contributed by atoms with Gasteiger partial charge < -0.3 is 14.8 Å². The first-order valence-electron chi connectivity index (χ1n) is 10.3. The van der Waals surface area contributed by atoms with Gasteiger partial charge in [-0.15, -0.1) is 0 Å². The Bertz CT molecular complexity index is 1300. The van der Waals surface area contributed by atoms with Crippen LogP contribution in [0.4, 0.5) is 11.4 Å². The Morgan fingerprint density at radius 1 is 1.03 bits per heavy atom. The molecule has 0 bridgehead atoms. The zero-order chi connectivity index (χ0) is 24.1. The summed E-state index contributed by atoms with van der Waals surface area (Å²) in [5.41, 5.74) is -0.294. The number of benzene rings is 3. The molecule has 4 rings (SSSR count). The molecule has 0 aromatic heterocycles. The van der Waals surface area contributed by atoms with E-state index >= 15 is 0 Å². The van der Waals surface area contributed by atoms with Gasteiger partial charge in [0, 0.05) is 12.1 Å². The van der Waals surface area contributed by atoms with Crippen molar-refractivity contribution in [1.82, 2.24) is 5.32 Å². The second-order valence-corrected chi connectivity index (χ2v) is 9.27. The smallest absolute Gasteiger partial charge is 0.271 e. The van der Waals surface area contributed by atoms with Crippen molar-refractivity contribution in [3.63, 3.8) is 0 Å². The lowest BCUT2D eigenvalue weighted by atomic mass is 10.2. The molecule has 0 radical (unpaired) electrons. The minimum atomic E-state index is -4.18. The van der Waals surface area contributed by atoms with E-state index in [-0.39, 0.29) is 29.4 Å². The second-order valence-electron chi connectivity index (χ2n) is 7.40. The topological polar surface area (TPSA) is 128 Å². The highest BCUT2D eigenvalue weighted by Gasteiger charge is 2.29. The Balaban J connectivity index is 1.52. The molecule has 1 atom stereocenters. The number of non-ortho nitro benzene ring substituents is 1. The van der Waals surface area contributed by atoms with E-state index in [2.05, 4.69) is 5.32 Å². The van der Waals surface area contributed by atoms with Gasteiger partial charge in [-0.1, -0.05) is 36.4 Å². The summed E-state index contributed by atoms with van der Waals surface area (Å²) in [6, 6.07) is 19.8.